The van der Waals surface area contributed by atoms with Gasteiger partial charge in [-0.15, -0.1) is 0 Å². The van der Waals surface area contributed by atoms with Crippen LogP contribution in [0.3, 0.4) is 0 Å². The standard InChI is InChI=1S/C35H53N3O8SSi/c1-34(2,3)45-33(41)22-44-26-12-10-11-25(19-26)29(21-38-16-15-27(20-38)46-48(8,9)35(4,5)6)37(7)32(40)18-24-13-14-30-28(17-24)36-31(39)23-47(30,42)43/h10-14,17,19,27,29,42-43H,15-16,18,20-23H2,1-9H3,(H,36,39)/t27-,29+/m0/s1. The Morgan fingerprint density at radius 1 is 1.10 bits per heavy atom. The number of nitrogens with zero attached hydrogens (tertiary/aromatic N) is 2. The van der Waals surface area contributed by atoms with Crippen LogP contribution in [-0.4, -0.2) is 95.8 Å². The molecule has 0 radical (unpaired) electrons. The van der Waals surface area contributed by atoms with E-state index in [1.54, 1.807) is 57.0 Å². The molecule has 2 heterocycles. The van der Waals surface area contributed by atoms with E-state index in [-0.39, 0.29) is 46.8 Å². The average molecular weight is 704 g/mol. The number of hydrogen-bond donors (Lipinski definition) is 3. The molecule has 0 aromatic heterocycles. The van der Waals surface area contributed by atoms with E-state index in [0.717, 1.165) is 25.1 Å². The highest BCUT2D eigenvalue weighted by Crippen LogP contribution is 2.53. The molecule has 0 saturated carbocycles. The van der Waals surface area contributed by atoms with Gasteiger partial charge in [0.05, 0.1) is 29.1 Å². The third-order valence-electron chi connectivity index (χ3n) is 9.17. The topological polar surface area (TPSA) is 138 Å². The van der Waals surface area contributed by atoms with Crippen molar-refractivity contribution in [3.63, 3.8) is 0 Å². The van der Waals surface area contributed by atoms with Crippen molar-refractivity contribution in [1.82, 2.24) is 9.80 Å². The zero-order valence-corrected chi connectivity index (χ0v) is 31.6. The van der Waals surface area contributed by atoms with Crippen molar-refractivity contribution in [2.24, 2.45) is 0 Å². The maximum absolute atomic E-state index is 13.9. The van der Waals surface area contributed by atoms with Gasteiger partial charge in [-0.3, -0.25) is 23.6 Å². The van der Waals surface area contributed by atoms with Gasteiger partial charge in [0.2, 0.25) is 11.8 Å². The molecular weight excluding hydrogens is 651 g/mol. The van der Waals surface area contributed by atoms with Gasteiger partial charge in [0, 0.05) is 26.7 Å². The van der Waals surface area contributed by atoms with E-state index in [9.17, 15) is 23.5 Å². The van der Waals surface area contributed by atoms with Crippen molar-refractivity contribution in [3.8, 4) is 5.75 Å². The minimum atomic E-state index is -3.23. The van der Waals surface area contributed by atoms with Crippen molar-refractivity contribution in [2.45, 2.75) is 95.2 Å². The van der Waals surface area contributed by atoms with E-state index in [1.165, 1.54) is 0 Å². The van der Waals surface area contributed by atoms with E-state index in [2.05, 4.69) is 44.1 Å². The quantitative estimate of drug-likeness (QED) is 0.182. The fraction of sp³-hybridized carbons (Fsp3) is 0.571. The highest BCUT2D eigenvalue weighted by Gasteiger charge is 2.41. The maximum Gasteiger partial charge on any atom is 0.344 e. The number of carbonyl (C=O) groups excluding carboxylic acids is 3. The van der Waals surface area contributed by atoms with Gasteiger partial charge in [0.15, 0.2) is 14.9 Å². The van der Waals surface area contributed by atoms with Crippen LogP contribution in [0.2, 0.25) is 18.1 Å². The van der Waals surface area contributed by atoms with Crippen LogP contribution in [0.15, 0.2) is 47.4 Å². The summed E-state index contributed by atoms with van der Waals surface area (Å²) in [6.45, 7) is 18.6. The van der Waals surface area contributed by atoms with Crippen LogP contribution >= 0.6 is 10.6 Å². The number of nitrogens with one attached hydrogen (secondary N) is 1. The zero-order valence-electron chi connectivity index (χ0n) is 29.8. The first-order chi connectivity index (χ1) is 22.1. The lowest BCUT2D eigenvalue weighted by molar-refractivity contribution is -0.157. The van der Waals surface area contributed by atoms with Gasteiger partial charge in [-0.1, -0.05) is 39.0 Å². The summed E-state index contributed by atoms with van der Waals surface area (Å²) in [7, 11) is -3.40. The van der Waals surface area contributed by atoms with Crippen LogP contribution < -0.4 is 10.1 Å². The molecule has 2 atom stereocenters. The average Bonchev–Trinajstić information content (AvgIpc) is 3.38. The highest BCUT2D eigenvalue weighted by molar-refractivity contribution is 8.25. The first-order valence-corrected chi connectivity index (χ1v) is 21.1. The molecule has 4 rings (SSSR count). The summed E-state index contributed by atoms with van der Waals surface area (Å²) in [5.41, 5.74) is 1.19. The molecule has 2 aliphatic rings. The van der Waals surface area contributed by atoms with E-state index in [1.807, 2.05) is 18.2 Å². The van der Waals surface area contributed by atoms with Gasteiger partial charge in [0.1, 0.15) is 17.1 Å². The summed E-state index contributed by atoms with van der Waals surface area (Å²) in [5.74, 6) is -0.972. The highest BCUT2D eigenvalue weighted by atomic mass is 32.3. The van der Waals surface area contributed by atoms with Gasteiger partial charge in [-0.2, -0.15) is 10.6 Å². The third kappa shape index (κ3) is 9.82. The van der Waals surface area contributed by atoms with Gasteiger partial charge >= 0.3 is 5.97 Å². The van der Waals surface area contributed by atoms with Crippen LogP contribution in [0.4, 0.5) is 5.69 Å². The summed E-state index contributed by atoms with van der Waals surface area (Å²) >= 11 is 0. The number of esters is 1. The number of anilines is 1. The number of amides is 2. The van der Waals surface area contributed by atoms with Gasteiger partial charge in [-0.25, -0.2) is 4.79 Å². The molecular formula is C35H53N3O8SSi. The first-order valence-electron chi connectivity index (χ1n) is 16.4. The van der Waals surface area contributed by atoms with Crippen molar-refractivity contribution < 1.29 is 37.4 Å². The molecule has 1 fully saturated rings. The molecule has 3 N–H and O–H groups in total. The minimum Gasteiger partial charge on any atom is -0.482 e. The number of hydrogen-bond acceptors (Lipinski definition) is 9. The molecule has 48 heavy (non-hydrogen) atoms. The Morgan fingerprint density at radius 3 is 2.48 bits per heavy atom. The summed E-state index contributed by atoms with van der Waals surface area (Å²) < 4.78 is 38.8. The number of benzene rings is 2. The lowest BCUT2D eigenvalue weighted by Crippen LogP contribution is -2.45. The lowest BCUT2D eigenvalue weighted by Gasteiger charge is -2.38. The number of likely N-dealkylation sites (tertiary alicyclic amines) is 1. The van der Waals surface area contributed by atoms with Crippen LogP contribution in [0.1, 0.15) is 65.1 Å². The fourth-order valence-corrected chi connectivity index (χ4v) is 8.38. The van der Waals surface area contributed by atoms with Crippen LogP contribution in [0, 0.1) is 0 Å². The Kier molecular flexibility index (Phi) is 11.4. The predicted molar refractivity (Wildman–Crippen MR) is 191 cm³/mol. The molecule has 266 valence electrons. The van der Waals surface area contributed by atoms with E-state index in [0.29, 0.717) is 23.5 Å². The Labute approximate surface area is 287 Å². The summed E-state index contributed by atoms with van der Waals surface area (Å²) in [5, 5.41) is 2.80. The molecule has 0 aliphatic carbocycles. The molecule has 2 aliphatic heterocycles. The minimum absolute atomic E-state index is 0.0429. The molecule has 0 unspecified atom stereocenters. The molecule has 0 bridgehead atoms. The first kappa shape index (κ1) is 37.9. The smallest absolute Gasteiger partial charge is 0.344 e. The second-order valence-corrected chi connectivity index (χ2v) is 22.2. The molecule has 2 amide bonds. The van der Waals surface area contributed by atoms with Crippen molar-refractivity contribution in [2.75, 3.05) is 44.4 Å². The van der Waals surface area contributed by atoms with Gasteiger partial charge < -0.3 is 24.1 Å². The zero-order chi connectivity index (χ0) is 35.7. The fourth-order valence-electron chi connectivity index (χ4n) is 5.66. The summed E-state index contributed by atoms with van der Waals surface area (Å²) in [4.78, 5) is 42.6. The Bertz CT molecular complexity index is 1500. The van der Waals surface area contributed by atoms with Crippen molar-refractivity contribution in [3.05, 3.63) is 53.6 Å². The number of rotatable bonds is 11. The molecule has 1 saturated heterocycles. The largest absolute Gasteiger partial charge is 0.482 e. The molecule has 2 aromatic carbocycles. The predicted octanol–water partition coefficient (Wildman–Crippen LogP) is 6.31. The number of likely N-dealkylation sites (N-methyl/N-ethyl adjacent to an activating group) is 1. The number of carbonyl (C=O) groups is 3. The Morgan fingerprint density at radius 2 is 1.81 bits per heavy atom. The van der Waals surface area contributed by atoms with Crippen molar-refractivity contribution >= 4 is 42.4 Å². The lowest BCUT2D eigenvalue weighted by atomic mass is 10.0. The molecule has 13 heteroatoms. The second kappa shape index (κ2) is 14.5. The van der Waals surface area contributed by atoms with Crippen LogP contribution in [0.25, 0.3) is 0 Å². The third-order valence-corrected chi connectivity index (χ3v) is 15.4. The SMILES string of the molecule is CN(C(=O)Cc1ccc2c(c1)NC(=O)CS2(O)O)[C@H](CN1CC[C@H](O[Si](C)(C)C(C)(C)C)C1)c1cccc(OCC(=O)OC(C)(C)C)c1. The number of ether oxygens (including phenoxy) is 2. The summed E-state index contributed by atoms with van der Waals surface area (Å²) in [6, 6.07) is 12.0. The van der Waals surface area contributed by atoms with Crippen LogP contribution in [-0.2, 0) is 30.0 Å². The van der Waals surface area contributed by atoms with Crippen LogP contribution in [0.5, 0.6) is 5.75 Å². The second-order valence-electron chi connectivity index (χ2n) is 15.4. The Balaban J connectivity index is 1.54. The van der Waals surface area contributed by atoms with E-state index < -0.39 is 36.4 Å². The van der Waals surface area contributed by atoms with Gasteiger partial charge in [-0.05, 0) is 80.7 Å². The van der Waals surface area contributed by atoms with Gasteiger partial charge in [0.25, 0.3) is 0 Å². The molecule has 0 spiro atoms. The monoisotopic (exact) mass is 703 g/mol. The molecule has 11 nitrogen and oxygen atoms in total. The molecule has 2 aromatic rings. The number of fused-ring (bicyclic) bond motifs is 1. The maximum atomic E-state index is 13.9. The van der Waals surface area contributed by atoms with E-state index >= 15 is 0 Å². The normalized spacial score (nSPS) is 19.6. The Hall–Kier alpha value is -2.94. The van der Waals surface area contributed by atoms with E-state index in [4.69, 9.17) is 13.9 Å². The summed E-state index contributed by atoms with van der Waals surface area (Å²) in [6.07, 6.45) is 1.08. The van der Waals surface area contributed by atoms with Crippen molar-refractivity contribution in [1.29, 1.82) is 0 Å².